The van der Waals surface area contributed by atoms with Crippen LogP contribution in [-0.2, 0) is 16.2 Å². The molecular weight excluding hydrogens is 1540 g/mol. The third kappa shape index (κ3) is 11.2. The van der Waals surface area contributed by atoms with Gasteiger partial charge in [0.15, 0.2) is 5.82 Å². The molecule has 596 valence electrons. The summed E-state index contributed by atoms with van der Waals surface area (Å²) in [5.41, 5.74) is 36.4. The summed E-state index contributed by atoms with van der Waals surface area (Å²) in [6.07, 6.45) is 3.57. The highest BCUT2D eigenvalue weighted by molar-refractivity contribution is 6.27. The Kier molecular flexibility index (Phi) is 16.4. The summed E-state index contributed by atoms with van der Waals surface area (Å²) in [5.74, 6) is 0.738. The molecule has 0 radical (unpaired) electrons. The lowest BCUT2D eigenvalue weighted by atomic mass is 9.78. The molecule has 4 aliphatic rings. The summed E-state index contributed by atoms with van der Waals surface area (Å²) in [4.78, 5) is 24.9. The molecule has 19 aromatic carbocycles. The lowest BCUT2D eigenvalue weighted by Crippen LogP contribution is -2.16. The Balaban J connectivity index is 0.000000105. The fourth-order valence-electron chi connectivity index (χ4n) is 22.5. The van der Waals surface area contributed by atoms with Gasteiger partial charge in [-0.15, -0.1) is 0 Å². The molecule has 0 bridgehead atoms. The molecule has 4 heterocycles. The summed E-state index contributed by atoms with van der Waals surface area (Å²) >= 11 is 0. The zero-order valence-electron chi connectivity index (χ0n) is 71.3. The fourth-order valence-corrected chi connectivity index (χ4v) is 22.5. The van der Waals surface area contributed by atoms with Gasteiger partial charge in [-0.25, -0.2) is 24.9 Å². The number of nitrogens with zero attached hydrogens (tertiary/aromatic N) is 5. The highest BCUT2D eigenvalue weighted by Gasteiger charge is 2.43. The molecule has 0 atom stereocenters. The Bertz CT molecular complexity index is 8570. The summed E-state index contributed by atoms with van der Waals surface area (Å²) in [6, 6.07) is 139. The number of hydrogen-bond donors (Lipinski definition) is 0. The van der Waals surface area contributed by atoms with E-state index in [1.165, 1.54) is 220 Å². The van der Waals surface area contributed by atoms with E-state index in [-0.39, 0.29) is 16.2 Å². The largest absolute Gasteiger partial charge is 0.247 e. The van der Waals surface area contributed by atoms with Crippen LogP contribution < -0.4 is 0 Å². The highest BCUT2D eigenvalue weighted by atomic mass is 14.9. The first-order chi connectivity index (χ1) is 62.3. The SMILES string of the molecule is CC1(C)c2ccccc2-c2nc3ccc4ccccc4c3c(-c3ccc(-c4ccc5c6c(cccc46)-c4ccccc4-5)cc3)c21.CC1(C)c2ccccc2-c2nc3ccc4ccccc4c3c(-c3ccc(-c4ccc5c6ccccc6c6ccccc6c5c4)cc3)c21.CC1(C)c2ccccc2-c2nc3ccc4ccccc4c3c(-c3ccc(-c4ncccn4)cc3)c21. The van der Waals surface area contributed by atoms with Crippen LogP contribution in [0.3, 0.4) is 0 Å². The minimum atomic E-state index is -0.180. The van der Waals surface area contributed by atoms with Crippen molar-refractivity contribution in [2.24, 2.45) is 0 Å². The van der Waals surface area contributed by atoms with E-state index in [1.807, 2.05) is 6.07 Å². The second kappa shape index (κ2) is 28.2. The molecule has 4 aliphatic carbocycles. The summed E-state index contributed by atoms with van der Waals surface area (Å²) < 4.78 is 0. The molecular formula is C122H83N5. The Hall–Kier alpha value is -15.7. The van der Waals surface area contributed by atoms with Crippen LogP contribution >= 0.6 is 0 Å². The molecule has 0 aliphatic heterocycles. The second-order valence-corrected chi connectivity index (χ2v) is 36.3. The van der Waals surface area contributed by atoms with Crippen LogP contribution in [0.1, 0.15) is 74.9 Å². The minimum Gasteiger partial charge on any atom is -0.247 e. The fraction of sp³-hybridized carbons (Fsp3) is 0.0738. The maximum Gasteiger partial charge on any atom is 0.159 e. The van der Waals surface area contributed by atoms with Crippen molar-refractivity contribution in [1.82, 2.24) is 24.9 Å². The zero-order chi connectivity index (χ0) is 84.7. The minimum absolute atomic E-state index is 0.166. The van der Waals surface area contributed by atoms with Gasteiger partial charge in [0.25, 0.3) is 0 Å². The van der Waals surface area contributed by atoms with Crippen molar-refractivity contribution >= 4 is 108 Å². The van der Waals surface area contributed by atoms with Gasteiger partial charge < -0.3 is 0 Å². The summed E-state index contributed by atoms with van der Waals surface area (Å²) in [6.45, 7) is 14.1. The molecule has 5 nitrogen and oxygen atoms in total. The molecule has 5 heteroatoms. The van der Waals surface area contributed by atoms with Crippen molar-refractivity contribution in [3.63, 3.8) is 0 Å². The van der Waals surface area contributed by atoms with E-state index in [9.17, 15) is 0 Å². The standard InChI is InChI=1S/C46H31N.C44H29N.C32H23N3/c1-46(2)40-18-10-9-17-38(40)45-44(46)42(43-32-12-4-3-11-29(32)24-26-41(43)47-45)30-21-19-28(20-22-30)31-23-25-37-35-15-6-5-13-33(35)34-14-7-8-16-36(34)39(37)27-31;1-44(2)37-17-8-7-14-36(37)43-42(44)39(41-30-11-4-3-10-26(30)22-25-38(41)45-43)28-20-18-27(19-21-28)29-23-24-35-32-13-6-5-12-31(32)34-16-9-15-33(29)40(34)35;1-32(2)25-11-6-5-10-24(25)30-29(32)27(21-12-14-22(15-13-21)31-33-18-7-19-34-31)28-23-9-4-3-8-20(23)16-17-26(28)35-30/h3-27H,1-2H3;3-25H,1-2H3;3-19H,1-2H3. The number of fused-ring (bicyclic) bond motifs is 27. The molecule has 27 rings (SSSR count). The van der Waals surface area contributed by atoms with Crippen LogP contribution in [0.15, 0.2) is 395 Å². The molecule has 0 N–H and O–H groups in total. The predicted molar refractivity (Wildman–Crippen MR) is 533 cm³/mol. The molecule has 0 saturated heterocycles. The van der Waals surface area contributed by atoms with Gasteiger partial charge in [0.1, 0.15) is 0 Å². The second-order valence-electron chi connectivity index (χ2n) is 36.3. The van der Waals surface area contributed by atoms with Crippen molar-refractivity contribution in [2.45, 2.75) is 57.8 Å². The van der Waals surface area contributed by atoms with Gasteiger partial charge in [0.05, 0.1) is 33.6 Å². The van der Waals surface area contributed by atoms with Crippen molar-refractivity contribution in [3.8, 4) is 123 Å². The number of benzene rings is 19. The number of pyridine rings is 3. The number of hydrogen-bond acceptors (Lipinski definition) is 5. The van der Waals surface area contributed by atoms with Crippen molar-refractivity contribution in [1.29, 1.82) is 0 Å². The maximum atomic E-state index is 5.37. The molecule has 0 spiro atoms. The van der Waals surface area contributed by atoms with Crippen LogP contribution in [0.25, 0.3) is 231 Å². The van der Waals surface area contributed by atoms with Gasteiger partial charge in [-0.3, -0.25) is 0 Å². The van der Waals surface area contributed by atoms with Gasteiger partial charge in [0, 0.05) is 67.1 Å². The molecule has 127 heavy (non-hydrogen) atoms. The maximum absolute atomic E-state index is 5.37. The van der Waals surface area contributed by atoms with Crippen LogP contribution in [0.4, 0.5) is 0 Å². The monoisotopic (exact) mass is 1620 g/mol. The third-order valence-corrected chi connectivity index (χ3v) is 28.4. The Morgan fingerprint density at radius 3 is 0.921 bits per heavy atom. The lowest BCUT2D eigenvalue weighted by Gasteiger charge is -2.25. The lowest BCUT2D eigenvalue weighted by molar-refractivity contribution is 0.661. The van der Waals surface area contributed by atoms with Gasteiger partial charge in [-0.2, -0.15) is 0 Å². The van der Waals surface area contributed by atoms with Crippen molar-refractivity contribution in [3.05, 3.63) is 428 Å². The molecule has 0 amide bonds. The molecule has 0 fully saturated rings. The first-order valence-electron chi connectivity index (χ1n) is 44.3. The highest BCUT2D eigenvalue weighted by Crippen LogP contribution is 2.59. The normalized spacial score (nSPS) is 13.6. The Labute approximate surface area is 736 Å². The van der Waals surface area contributed by atoms with E-state index in [4.69, 9.17) is 15.0 Å². The van der Waals surface area contributed by atoms with E-state index in [2.05, 4.69) is 428 Å². The van der Waals surface area contributed by atoms with Crippen LogP contribution in [0.2, 0.25) is 0 Å². The zero-order valence-corrected chi connectivity index (χ0v) is 71.3. The molecule has 23 aromatic rings. The topological polar surface area (TPSA) is 64.5 Å². The quantitative estimate of drug-likeness (QED) is 0.155. The van der Waals surface area contributed by atoms with E-state index in [1.54, 1.807) is 12.4 Å². The van der Waals surface area contributed by atoms with E-state index in [0.717, 1.165) is 45.0 Å². The average molecular weight is 1620 g/mol. The average Bonchev–Trinajstić information content (AvgIpc) is 1.55. The molecule has 4 aromatic heterocycles. The number of aromatic nitrogens is 5. The van der Waals surface area contributed by atoms with Gasteiger partial charge in [-0.1, -0.05) is 393 Å². The summed E-state index contributed by atoms with van der Waals surface area (Å²) in [5, 5.41) is 21.6. The number of rotatable bonds is 6. The van der Waals surface area contributed by atoms with E-state index in [0.29, 0.717) is 0 Å². The first kappa shape index (κ1) is 74.0. The smallest absolute Gasteiger partial charge is 0.159 e. The molecule has 0 unspecified atom stereocenters. The van der Waals surface area contributed by atoms with Gasteiger partial charge in [-0.05, 0) is 217 Å². The van der Waals surface area contributed by atoms with E-state index >= 15 is 0 Å². The van der Waals surface area contributed by atoms with E-state index < -0.39 is 0 Å². The Morgan fingerprint density at radius 1 is 0.189 bits per heavy atom. The predicted octanol–water partition coefficient (Wildman–Crippen LogP) is 32.1. The molecule has 0 saturated carbocycles. The van der Waals surface area contributed by atoms with Crippen LogP contribution in [-0.4, -0.2) is 24.9 Å². The van der Waals surface area contributed by atoms with Gasteiger partial charge >= 0.3 is 0 Å². The summed E-state index contributed by atoms with van der Waals surface area (Å²) in [7, 11) is 0. The van der Waals surface area contributed by atoms with Crippen LogP contribution in [0.5, 0.6) is 0 Å². The Morgan fingerprint density at radius 2 is 0.496 bits per heavy atom. The third-order valence-electron chi connectivity index (χ3n) is 28.4. The van der Waals surface area contributed by atoms with Gasteiger partial charge in [0.2, 0.25) is 0 Å². The first-order valence-corrected chi connectivity index (χ1v) is 44.3. The van der Waals surface area contributed by atoms with Crippen molar-refractivity contribution < 1.29 is 0 Å². The van der Waals surface area contributed by atoms with Crippen molar-refractivity contribution in [2.75, 3.05) is 0 Å². The van der Waals surface area contributed by atoms with Crippen LogP contribution in [0, 0.1) is 0 Å².